The standard InChI is InChI=1S/C23H23Cl2N3O3S/c1-28(2)21(16-6-4-3-5-7-16)15-26-23(29)17-8-11-19(12-9-17)27-32(30,31)22-14-18(24)10-13-20(22)25/h3-14,21,27H,15H2,1-2H3,(H,26,29). The van der Waals surface area contributed by atoms with Crippen LogP contribution in [0.5, 0.6) is 0 Å². The summed E-state index contributed by atoms with van der Waals surface area (Å²) in [5.41, 5.74) is 1.81. The van der Waals surface area contributed by atoms with E-state index in [1.54, 1.807) is 12.1 Å². The molecular weight excluding hydrogens is 469 g/mol. The third-order valence-electron chi connectivity index (χ3n) is 4.85. The third-order valence-corrected chi connectivity index (χ3v) is 6.94. The second-order valence-corrected chi connectivity index (χ2v) is 9.85. The Morgan fingerprint density at radius 3 is 2.25 bits per heavy atom. The summed E-state index contributed by atoms with van der Waals surface area (Å²) in [5.74, 6) is -0.250. The number of likely N-dealkylation sites (N-methyl/N-ethyl adjacent to an activating group) is 1. The van der Waals surface area contributed by atoms with E-state index in [9.17, 15) is 13.2 Å². The van der Waals surface area contributed by atoms with Crippen LogP contribution in [0.1, 0.15) is 22.0 Å². The lowest BCUT2D eigenvalue weighted by Crippen LogP contribution is -2.34. The molecule has 0 aromatic heterocycles. The molecule has 2 N–H and O–H groups in total. The van der Waals surface area contributed by atoms with Gasteiger partial charge in [0.1, 0.15) is 4.90 Å². The highest BCUT2D eigenvalue weighted by molar-refractivity contribution is 7.92. The van der Waals surface area contributed by atoms with E-state index < -0.39 is 10.0 Å². The molecule has 6 nitrogen and oxygen atoms in total. The van der Waals surface area contributed by atoms with Crippen molar-refractivity contribution >= 4 is 44.8 Å². The van der Waals surface area contributed by atoms with Crippen molar-refractivity contribution in [1.29, 1.82) is 0 Å². The van der Waals surface area contributed by atoms with Gasteiger partial charge in [-0.15, -0.1) is 0 Å². The topological polar surface area (TPSA) is 78.5 Å². The lowest BCUT2D eigenvalue weighted by Gasteiger charge is -2.25. The maximum atomic E-state index is 12.6. The largest absolute Gasteiger partial charge is 0.350 e. The first-order valence-corrected chi connectivity index (χ1v) is 12.0. The van der Waals surface area contributed by atoms with Gasteiger partial charge < -0.3 is 10.2 Å². The summed E-state index contributed by atoms with van der Waals surface area (Å²) in [6, 6.07) is 20.3. The van der Waals surface area contributed by atoms with E-state index >= 15 is 0 Å². The van der Waals surface area contributed by atoms with Gasteiger partial charge in [0.25, 0.3) is 15.9 Å². The Morgan fingerprint density at radius 1 is 0.969 bits per heavy atom. The zero-order valence-electron chi connectivity index (χ0n) is 17.5. The number of hydrogen-bond acceptors (Lipinski definition) is 4. The number of rotatable bonds is 8. The van der Waals surface area contributed by atoms with E-state index in [1.165, 1.54) is 30.3 Å². The number of hydrogen-bond donors (Lipinski definition) is 2. The third kappa shape index (κ3) is 6.01. The normalized spacial score (nSPS) is 12.4. The first kappa shape index (κ1) is 24.1. The number of carbonyl (C=O) groups is 1. The van der Waals surface area contributed by atoms with Crippen molar-refractivity contribution in [1.82, 2.24) is 10.2 Å². The molecular formula is C23H23Cl2N3O3S. The van der Waals surface area contributed by atoms with Crippen molar-refractivity contribution in [2.45, 2.75) is 10.9 Å². The number of nitrogens with one attached hydrogen (secondary N) is 2. The molecule has 168 valence electrons. The highest BCUT2D eigenvalue weighted by Gasteiger charge is 2.19. The van der Waals surface area contributed by atoms with Crippen molar-refractivity contribution in [3.63, 3.8) is 0 Å². The van der Waals surface area contributed by atoms with Gasteiger partial charge in [-0.2, -0.15) is 0 Å². The number of anilines is 1. The van der Waals surface area contributed by atoms with E-state index in [2.05, 4.69) is 10.0 Å². The summed E-state index contributed by atoms with van der Waals surface area (Å²) >= 11 is 11.9. The number of halogens is 2. The average molecular weight is 492 g/mol. The SMILES string of the molecule is CN(C)C(CNC(=O)c1ccc(NS(=O)(=O)c2cc(Cl)ccc2Cl)cc1)c1ccccc1. The maximum Gasteiger partial charge on any atom is 0.263 e. The Morgan fingerprint density at radius 2 is 1.62 bits per heavy atom. The van der Waals surface area contributed by atoms with Crippen molar-refractivity contribution in [2.24, 2.45) is 0 Å². The number of sulfonamides is 1. The molecule has 1 atom stereocenters. The number of nitrogens with zero attached hydrogens (tertiary/aromatic N) is 1. The summed E-state index contributed by atoms with van der Waals surface area (Å²) in [7, 11) is -0.0232. The van der Waals surface area contributed by atoms with E-state index in [4.69, 9.17) is 23.2 Å². The van der Waals surface area contributed by atoms with Crippen LogP contribution in [0.15, 0.2) is 77.7 Å². The summed E-state index contributed by atoms with van der Waals surface area (Å²) in [6.07, 6.45) is 0. The van der Waals surface area contributed by atoms with Crippen LogP contribution in [-0.4, -0.2) is 39.9 Å². The predicted molar refractivity (Wildman–Crippen MR) is 129 cm³/mol. The molecule has 1 amide bonds. The van der Waals surface area contributed by atoms with Crippen LogP contribution in [0.4, 0.5) is 5.69 Å². The lowest BCUT2D eigenvalue weighted by atomic mass is 10.1. The average Bonchev–Trinajstić information content (AvgIpc) is 2.76. The second kappa shape index (κ2) is 10.4. The van der Waals surface area contributed by atoms with Crippen LogP contribution >= 0.6 is 23.2 Å². The molecule has 9 heteroatoms. The van der Waals surface area contributed by atoms with Gasteiger partial charge in [0.05, 0.1) is 11.1 Å². The van der Waals surface area contributed by atoms with E-state index in [-0.39, 0.29) is 26.9 Å². The summed E-state index contributed by atoms with van der Waals surface area (Å²) in [4.78, 5) is 14.5. The number of benzene rings is 3. The minimum atomic E-state index is -3.93. The molecule has 0 aliphatic rings. The van der Waals surface area contributed by atoms with Gasteiger partial charge in [-0.05, 0) is 62.1 Å². The Labute approximate surface area is 198 Å². The molecule has 0 radical (unpaired) electrons. The Balaban J connectivity index is 1.67. The van der Waals surface area contributed by atoms with Crippen LogP contribution in [0.3, 0.4) is 0 Å². The molecule has 0 saturated heterocycles. The minimum absolute atomic E-state index is 0.0219. The van der Waals surface area contributed by atoms with E-state index in [0.717, 1.165) is 5.56 Å². The lowest BCUT2D eigenvalue weighted by molar-refractivity contribution is 0.0942. The molecule has 1 unspecified atom stereocenters. The van der Waals surface area contributed by atoms with Crippen molar-refractivity contribution in [2.75, 3.05) is 25.4 Å². The van der Waals surface area contributed by atoms with Crippen LogP contribution in [0.2, 0.25) is 10.0 Å². The first-order chi connectivity index (χ1) is 15.2. The summed E-state index contributed by atoms with van der Waals surface area (Å²) in [5, 5.41) is 3.25. The van der Waals surface area contributed by atoms with Gasteiger partial charge in [0.15, 0.2) is 0 Å². The molecule has 32 heavy (non-hydrogen) atoms. The van der Waals surface area contributed by atoms with Gasteiger partial charge in [-0.25, -0.2) is 8.42 Å². The Kier molecular flexibility index (Phi) is 7.79. The zero-order chi connectivity index (χ0) is 23.3. The molecule has 0 bridgehead atoms. The fourth-order valence-corrected chi connectivity index (χ4v) is 4.97. The molecule has 0 fully saturated rings. The van der Waals surface area contributed by atoms with E-state index in [1.807, 2.05) is 49.3 Å². The smallest absolute Gasteiger partial charge is 0.263 e. The molecule has 0 aliphatic heterocycles. The molecule has 0 heterocycles. The van der Waals surface area contributed by atoms with Gasteiger partial charge in [0, 0.05) is 22.8 Å². The van der Waals surface area contributed by atoms with Crippen molar-refractivity contribution < 1.29 is 13.2 Å². The molecule has 0 aliphatic carbocycles. The predicted octanol–water partition coefficient (Wildman–Crippen LogP) is 4.83. The van der Waals surface area contributed by atoms with Crippen LogP contribution in [-0.2, 0) is 10.0 Å². The molecule has 0 saturated carbocycles. The highest BCUT2D eigenvalue weighted by atomic mass is 35.5. The monoisotopic (exact) mass is 491 g/mol. The summed E-state index contributed by atoms with van der Waals surface area (Å²) < 4.78 is 27.7. The van der Waals surface area contributed by atoms with Gasteiger partial charge in [0.2, 0.25) is 0 Å². The minimum Gasteiger partial charge on any atom is -0.350 e. The molecule has 0 spiro atoms. The number of carbonyl (C=O) groups excluding carboxylic acids is 1. The van der Waals surface area contributed by atoms with E-state index in [0.29, 0.717) is 17.8 Å². The van der Waals surface area contributed by atoms with Gasteiger partial charge in [-0.1, -0.05) is 53.5 Å². The maximum absolute atomic E-state index is 12.6. The summed E-state index contributed by atoms with van der Waals surface area (Å²) in [6.45, 7) is 0.428. The first-order valence-electron chi connectivity index (χ1n) is 9.75. The molecule has 3 rings (SSSR count). The van der Waals surface area contributed by atoms with Gasteiger partial charge >= 0.3 is 0 Å². The number of amides is 1. The molecule has 3 aromatic carbocycles. The van der Waals surface area contributed by atoms with Crippen LogP contribution in [0.25, 0.3) is 0 Å². The fourth-order valence-electron chi connectivity index (χ4n) is 3.15. The van der Waals surface area contributed by atoms with Gasteiger partial charge in [-0.3, -0.25) is 9.52 Å². The fraction of sp³-hybridized carbons (Fsp3) is 0.174. The highest BCUT2D eigenvalue weighted by Crippen LogP contribution is 2.27. The second-order valence-electron chi connectivity index (χ2n) is 7.36. The zero-order valence-corrected chi connectivity index (χ0v) is 19.9. The van der Waals surface area contributed by atoms with Crippen LogP contribution in [0, 0.1) is 0 Å². The van der Waals surface area contributed by atoms with Crippen LogP contribution < -0.4 is 10.0 Å². The van der Waals surface area contributed by atoms with Crippen molar-refractivity contribution in [3.8, 4) is 0 Å². The Hall–Kier alpha value is -2.58. The van der Waals surface area contributed by atoms with Crippen molar-refractivity contribution in [3.05, 3.63) is 94.0 Å². The molecule has 3 aromatic rings. The Bertz CT molecular complexity index is 1180. The quantitative estimate of drug-likeness (QED) is 0.473.